The number of amides is 1. The van der Waals surface area contributed by atoms with E-state index in [9.17, 15) is 9.59 Å². The fourth-order valence-electron chi connectivity index (χ4n) is 4.89. The molecule has 0 radical (unpaired) electrons. The molecule has 2 saturated heterocycles. The van der Waals surface area contributed by atoms with Gasteiger partial charge < -0.3 is 34.1 Å². The van der Waals surface area contributed by atoms with E-state index in [1.807, 2.05) is 25.1 Å². The van der Waals surface area contributed by atoms with Gasteiger partial charge in [-0.25, -0.2) is 4.98 Å². The van der Waals surface area contributed by atoms with Gasteiger partial charge in [-0.1, -0.05) is 29.3 Å². The Labute approximate surface area is 265 Å². The number of fused-ring (bicyclic) bond motifs is 1. The summed E-state index contributed by atoms with van der Waals surface area (Å²) in [5.41, 5.74) is 0.594. The number of aromatic nitrogens is 3. The summed E-state index contributed by atoms with van der Waals surface area (Å²) >= 11 is 13.4. The van der Waals surface area contributed by atoms with Gasteiger partial charge in [0.05, 0.1) is 62.3 Å². The van der Waals surface area contributed by atoms with E-state index in [1.54, 1.807) is 29.3 Å². The van der Waals surface area contributed by atoms with Crippen LogP contribution in [0.4, 0.5) is 5.95 Å². The van der Waals surface area contributed by atoms with Crippen LogP contribution in [0.1, 0.15) is 0 Å². The van der Waals surface area contributed by atoms with Crippen molar-refractivity contribution in [3.05, 3.63) is 50.9 Å². The van der Waals surface area contributed by atoms with Crippen LogP contribution in [0.3, 0.4) is 0 Å². The number of rotatable bonds is 13. The van der Waals surface area contributed by atoms with Crippen LogP contribution in [0.5, 0.6) is 11.5 Å². The highest BCUT2D eigenvalue weighted by molar-refractivity contribution is 6.41. The number of ether oxygens (including phenoxy) is 4. The Morgan fingerprint density at radius 3 is 2.48 bits per heavy atom. The molecular weight excluding hydrogens is 611 g/mol. The van der Waals surface area contributed by atoms with Crippen molar-refractivity contribution in [1.29, 1.82) is 0 Å². The van der Waals surface area contributed by atoms with Crippen LogP contribution in [-0.2, 0) is 20.8 Å². The predicted molar refractivity (Wildman–Crippen MR) is 169 cm³/mol. The zero-order valence-electron chi connectivity index (χ0n) is 25.1. The van der Waals surface area contributed by atoms with Crippen molar-refractivity contribution in [2.24, 2.45) is 5.92 Å². The molecule has 1 N–H and O–H groups in total. The lowest BCUT2D eigenvalue weighted by Gasteiger charge is -2.38. The van der Waals surface area contributed by atoms with Crippen LogP contribution in [0.25, 0.3) is 22.2 Å². The number of pyridine rings is 1. The third-order valence-electron chi connectivity index (χ3n) is 7.49. The number of anilines is 1. The Morgan fingerprint density at radius 2 is 1.86 bits per heavy atom. The first-order chi connectivity index (χ1) is 21.2. The molecule has 2 aromatic heterocycles. The Balaban J connectivity index is 1.41. The molecule has 5 rings (SSSR count). The number of carbonyl (C=O) groups is 1. The molecule has 1 amide bonds. The smallest absolute Gasteiger partial charge is 0.260 e. The maximum atomic E-state index is 14.1. The second kappa shape index (κ2) is 14.1. The van der Waals surface area contributed by atoms with Gasteiger partial charge in [0.2, 0.25) is 11.9 Å². The van der Waals surface area contributed by atoms with E-state index < -0.39 is 0 Å². The van der Waals surface area contributed by atoms with Crippen molar-refractivity contribution in [2.45, 2.75) is 12.6 Å². The first kappa shape index (κ1) is 32.0. The molecule has 0 saturated carbocycles. The van der Waals surface area contributed by atoms with Gasteiger partial charge in [-0.2, -0.15) is 4.98 Å². The van der Waals surface area contributed by atoms with E-state index in [2.05, 4.69) is 15.3 Å². The Bertz CT molecular complexity index is 1580. The highest BCUT2D eigenvalue weighted by Gasteiger charge is 2.30. The zero-order chi connectivity index (χ0) is 31.4. The summed E-state index contributed by atoms with van der Waals surface area (Å²) in [6.45, 7) is 4.11. The molecule has 3 aromatic rings. The molecule has 0 aliphatic carbocycles. The van der Waals surface area contributed by atoms with E-state index >= 15 is 0 Å². The summed E-state index contributed by atoms with van der Waals surface area (Å²) < 4.78 is 23.7. The van der Waals surface area contributed by atoms with E-state index in [0.717, 1.165) is 0 Å². The number of hydrogen-bond acceptors (Lipinski definition) is 10. The number of halogens is 2. The zero-order valence-corrected chi connectivity index (χ0v) is 26.7. The quantitative estimate of drug-likeness (QED) is 0.277. The van der Waals surface area contributed by atoms with Crippen LogP contribution >= 0.6 is 23.2 Å². The number of likely N-dealkylation sites (N-methyl/N-ethyl adjacent to an activating group) is 1. The highest BCUT2D eigenvalue weighted by atomic mass is 35.5. The summed E-state index contributed by atoms with van der Waals surface area (Å²) in [6.07, 6.45) is 4.94. The minimum Gasteiger partial charge on any atom is -0.495 e. The molecule has 12 nitrogen and oxygen atoms in total. The van der Waals surface area contributed by atoms with Crippen molar-refractivity contribution in [1.82, 2.24) is 24.3 Å². The third kappa shape index (κ3) is 6.94. The van der Waals surface area contributed by atoms with Crippen molar-refractivity contribution in [3.63, 3.8) is 0 Å². The third-order valence-corrected chi connectivity index (χ3v) is 8.24. The standard InChI is InChI=1S/C30H36Cl2N6O6/c1-36(2)7-5-6-24(39)37-14-20(15-37)44-9-8-38-28-19(13-34-30(35-28)33-12-18-16-43-17-18)10-21(29(38)40)25-26(31)22(41-3)11-23(42-4)27(25)32/h5-6,10-11,13,18,20H,7-9,12,14-17H2,1-4H3,(H,33,34,35)/b6-5+. The first-order valence-corrected chi connectivity index (χ1v) is 15.0. The molecule has 0 unspecified atom stereocenters. The van der Waals surface area contributed by atoms with E-state index in [-0.39, 0.29) is 51.9 Å². The van der Waals surface area contributed by atoms with E-state index in [0.29, 0.717) is 73.8 Å². The van der Waals surface area contributed by atoms with Gasteiger partial charge >= 0.3 is 0 Å². The molecule has 2 aliphatic rings. The van der Waals surface area contributed by atoms with Gasteiger partial charge in [0.25, 0.3) is 5.56 Å². The highest BCUT2D eigenvalue weighted by Crippen LogP contribution is 2.45. The second-order valence-corrected chi connectivity index (χ2v) is 11.7. The monoisotopic (exact) mass is 646 g/mol. The lowest BCUT2D eigenvalue weighted by atomic mass is 10.0. The SMILES string of the molecule is COc1cc(OC)c(Cl)c(-c2cc3cnc(NCC4COC4)nc3n(CCOC3CN(C(=O)/C=C/CN(C)C)C3)c2=O)c1Cl. The number of benzene rings is 1. The van der Waals surface area contributed by atoms with E-state index in [1.165, 1.54) is 18.8 Å². The van der Waals surface area contributed by atoms with Crippen LogP contribution in [-0.4, -0.2) is 111 Å². The minimum absolute atomic E-state index is 0.0470. The molecule has 236 valence electrons. The molecule has 1 aromatic carbocycles. The van der Waals surface area contributed by atoms with Crippen LogP contribution in [0, 0.1) is 5.92 Å². The molecule has 0 atom stereocenters. The van der Waals surface area contributed by atoms with Crippen LogP contribution in [0.15, 0.2) is 35.3 Å². The van der Waals surface area contributed by atoms with Gasteiger partial charge in [-0.15, -0.1) is 0 Å². The van der Waals surface area contributed by atoms with Gasteiger partial charge in [-0.3, -0.25) is 14.2 Å². The lowest BCUT2D eigenvalue weighted by molar-refractivity contribution is -0.139. The number of nitrogens with one attached hydrogen (secondary N) is 1. The maximum absolute atomic E-state index is 14.1. The van der Waals surface area contributed by atoms with Crippen molar-refractivity contribution < 1.29 is 23.7 Å². The summed E-state index contributed by atoms with van der Waals surface area (Å²) in [5.74, 6) is 1.37. The van der Waals surface area contributed by atoms with Gasteiger partial charge in [0.15, 0.2) is 0 Å². The average molecular weight is 648 g/mol. The van der Waals surface area contributed by atoms with Crippen LogP contribution in [0.2, 0.25) is 10.0 Å². The normalized spacial score (nSPS) is 15.6. The van der Waals surface area contributed by atoms with Crippen molar-refractivity contribution in [2.75, 3.05) is 79.6 Å². The summed E-state index contributed by atoms with van der Waals surface area (Å²) in [5, 5.41) is 4.20. The van der Waals surface area contributed by atoms with Crippen molar-refractivity contribution >= 4 is 46.1 Å². The molecule has 44 heavy (non-hydrogen) atoms. The van der Waals surface area contributed by atoms with Crippen molar-refractivity contribution in [3.8, 4) is 22.6 Å². The first-order valence-electron chi connectivity index (χ1n) is 14.2. The minimum atomic E-state index is -0.367. The lowest BCUT2D eigenvalue weighted by Crippen LogP contribution is -2.54. The second-order valence-electron chi connectivity index (χ2n) is 11.0. The summed E-state index contributed by atoms with van der Waals surface area (Å²) in [4.78, 5) is 39.3. The van der Waals surface area contributed by atoms with Crippen LogP contribution < -0.4 is 20.3 Å². The largest absolute Gasteiger partial charge is 0.495 e. The van der Waals surface area contributed by atoms with Gasteiger partial charge in [0.1, 0.15) is 17.1 Å². The number of hydrogen-bond donors (Lipinski definition) is 1. The molecule has 14 heteroatoms. The number of likely N-dealkylation sites (tertiary alicyclic amines) is 1. The number of methoxy groups -OCH3 is 2. The summed E-state index contributed by atoms with van der Waals surface area (Å²) in [7, 11) is 6.83. The fourth-order valence-corrected chi connectivity index (χ4v) is 5.60. The molecule has 2 fully saturated rings. The Morgan fingerprint density at radius 1 is 1.16 bits per heavy atom. The fraction of sp³-hybridized carbons (Fsp3) is 0.467. The Hall–Kier alpha value is -3.42. The predicted octanol–water partition coefficient (Wildman–Crippen LogP) is 3.19. The molecule has 2 aliphatic heterocycles. The molecule has 0 bridgehead atoms. The number of nitrogens with zero attached hydrogens (tertiary/aromatic N) is 5. The molecular formula is C30H36Cl2N6O6. The van der Waals surface area contributed by atoms with Gasteiger partial charge in [-0.05, 0) is 20.2 Å². The van der Waals surface area contributed by atoms with Gasteiger partial charge in [0, 0.05) is 61.4 Å². The Kier molecular flexibility index (Phi) is 10.3. The number of carbonyl (C=O) groups excluding carboxylic acids is 1. The topological polar surface area (TPSA) is 120 Å². The maximum Gasteiger partial charge on any atom is 0.260 e. The summed E-state index contributed by atoms with van der Waals surface area (Å²) in [6, 6.07) is 3.24. The van der Waals surface area contributed by atoms with E-state index in [4.69, 9.17) is 42.1 Å². The average Bonchev–Trinajstić information content (AvgIpc) is 2.94. The molecule has 4 heterocycles. The molecule has 0 spiro atoms.